The van der Waals surface area contributed by atoms with Crippen LogP contribution in [0, 0.1) is 17.0 Å². The van der Waals surface area contributed by atoms with E-state index in [9.17, 15) is 19.7 Å². The molecule has 0 bridgehead atoms. The van der Waals surface area contributed by atoms with Crippen LogP contribution < -0.4 is 0 Å². The van der Waals surface area contributed by atoms with E-state index in [1.165, 1.54) is 17.0 Å². The van der Waals surface area contributed by atoms with E-state index < -0.39 is 17.5 Å². The predicted molar refractivity (Wildman–Crippen MR) is 88.9 cm³/mol. The molecule has 0 saturated carbocycles. The Morgan fingerprint density at radius 2 is 1.88 bits per heavy atom. The third-order valence-electron chi connectivity index (χ3n) is 3.27. The fourth-order valence-corrected chi connectivity index (χ4v) is 2.61. The first kappa shape index (κ1) is 17.6. The first-order valence-corrected chi connectivity index (χ1v) is 7.89. The van der Waals surface area contributed by atoms with Crippen molar-refractivity contribution in [2.75, 3.05) is 13.7 Å². The van der Waals surface area contributed by atoms with Gasteiger partial charge in [-0.3, -0.25) is 14.9 Å². The molecule has 0 fully saturated rings. The fraction of sp³-hybridized carbons (Fsp3) is 0.250. The molecule has 0 saturated heterocycles. The highest BCUT2D eigenvalue weighted by Gasteiger charge is 2.18. The van der Waals surface area contributed by atoms with Crippen molar-refractivity contribution in [1.82, 2.24) is 4.90 Å². The molecule has 1 amide bonds. The Balaban J connectivity index is 1.85. The molecule has 0 radical (unpaired) electrons. The molecule has 0 aliphatic heterocycles. The lowest BCUT2D eigenvalue weighted by atomic mass is 10.1. The van der Waals surface area contributed by atoms with E-state index in [1.54, 1.807) is 7.05 Å². The van der Waals surface area contributed by atoms with E-state index >= 15 is 0 Å². The summed E-state index contributed by atoms with van der Waals surface area (Å²) >= 11 is 0.715. The van der Waals surface area contributed by atoms with Crippen LogP contribution in [0.2, 0.25) is 0 Å². The summed E-state index contributed by atoms with van der Waals surface area (Å²) in [5.41, 5.74) is 2.10. The molecule has 8 heteroatoms. The Hall–Kier alpha value is -2.74. The van der Waals surface area contributed by atoms with Gasteiger partial charge in [-0.2, -0.15) is 0 Å². The molecular weight excluding hydrogens is 332 g/mol. The molecule has 1 heterocycles. The number of carbonyl (C=O) groups excluding carboxylic acids is 2. The largest absolute Gasteiger partial charge is 0.451 e. The van der Waals surface area contributed by atoms with Gasteiger partial charge < -0.3 is 9.64 Å². The van der Waals surface area contributed by atoms with Crippen molar-refractivity contribution in [2.45, 2.75) is 13.5 Å². The molecule has 2 rings (SSSR count). The molecule has 7 nitrogen and oxygen atoms in total. The zero-order chi connectivity index (χ0) is 17.7. The van der Waals surface area contributed by atoms with E-state index in [0.29, 0.717) is 17.9 Å². The van der Waals surface area contributed by atoms with Gasteiger partial charge in [0, 0.05) is 19.7 Å². The summed E-state index contributed by atoms with van der Waals surface area (Å²) in [4.78, 5) is 35.4. The van der Waals surface area contributed by atoms with Crippen molar-refractivity contribution < 1.29 is 19.2 Å². The lowest BCUT2D eigenvalue weighted by Crippen LogP contribution is -2.30. The number of esters is 1. The number of ether oxygens (including phenoxy) is 1. The van der Waals surface area contributed by atoms with E-state index in [4.69, 9.17) is 4.74 Å². The van der Waals surface area contributed by atoms with Gasteiger partial charge >= 0.3 is 11.0 Å². The second kappa shape index (κ2) is 7.69. The van der Waals surface area contributed by atoms with Crippen molar-refractivity contribution >= 4 is 28.2 Å². The van der Waals surface area contributed by atoms with Gasteiger partial charge in [-0.05, 0) is 18.6 Å². The standard InChI is InChI=1S/C16H16N2O5S/c1-11-3-5-12(6-4-11)9-17(2)14(19)10-23-16(20)13-7-8-15(24-13)18(21)22/h3-8H,9-10H2,1-2H3. The number of amides is 1. The summed E-state index contributed by atoms with van der Waals surface area (Å²) < 4.78 is 4.92. The van der Waals surface area contributed by atoms with E-state index in [1.807, 2.05) is 31.2 Å². The normalized spacial score (nSPS) is 10.2. The molecule has 1 aromatic heterocycles. The van der Waals surface area contributed by atoms with E-state index in [0.717, 1.165) is 11.1 Å². The van der Waals surface area contributed by atoms with Gasteiger partial charge in [-0.25, -0.2) is 4.79 Å². The molecule has 1 aromatic carbocycles. The highest BCUT2D eigenvalue weighted by molar-refractivity contribution is 7.17. The summed E-state index contributed by atoms with van der Waals surface area (Å²) in [5, 5.41) is 10.4. The van der Waals surface area contributed by atoms with Crippen molar-refractivity contribution in [2.24, 2.45) is 0 Å². The quantitative estimate of drug-likeness (QED) is 0.455. The number of carbonyl (C=O) groups is 2. The highest BCUT2D eigenvalue weighted by atomic mass is 32.1. The number of nitro groups is 1. The minimum Gasteiger partial charge on any atom is -0.451 e. The summed E-state index contributed by atoms with van der Waals surface area (Å²) in [6.45, 7) is 1.97. The lowest BCUT2D eigenvalue weighted by molar-refractivity contribution is -0.380. The second-order valence-corrected chi connectivity index (χ2v) is 6.27. The molecule has 0 aliphatic carbocycles. The van der Waals surface area contributed by atoms with Gasteiger partial charge in [0.25, 0.3) is 5.91 Å². The van der Waals surface area contributed by atoms with Crippen LogP contribution in [0.1, 0.15) is 20.8 Å². The minimum atomic E-state index is -0.745. The summed E-state index contributed by atoms with van der Waals surface area (Å²) in [6.07, 6.45) is 0. The number of rotatable bonds is 6. The molecular formula is C16H16N2O5S. The van der Waals surface area contributed by atoms with Crippen LogP contribution in [0.3, 0.4) is 0 Å². The van der Waals surface area contributed by atoms with Crippen molar-refractivity contribution in [3.05, 3.63) is 62.5 Å². The van der Waals surface area contributed by atoms with Crippen LogP contribution >= 0.6 is 11.3 Å². The molecule has 0 spiro atoms. The van der Waals surface area contributed by atoms with Gasteiger partial charge in [-0.1, -0.05) is 41.2 Å². The molecule has 2 aromatic rings. The second-order valence-electron chi connectivity index (χ2n) is 5.21. The number of benzene rings is 1. The maximum atomic E-state index is 12.0. The van der Waals surface area contributed by atoms with E-state index in [-0.39, 0.29) is 15.8 Å². The first-order chi connectivity index (χ1) is 11.4. The Kier molecular flexibility index (Phi) is 5.64. The van der Waals surface area contributed by atoms with Gasteiger partial charge in [0.1, 0.15) is 4.88 Å². The van der Waals surface area contributed by atoms with E-state index in [2.05, 4.69) is 0 Å². The molecule has 0 N–H and O–H groups in total. The Morgan fingerprint density at radius 1 is 1.21 bits per heavy atom. The molecule has 0 unspecified atom stereocenters. The van der Waals surface area contributed by atoms with Gasteiger partial charge in [0.15, 0.2) is 6.61 Å². The molecule has 126 valence electrons. The van der Waals surface area contributed by atoms with Crippen molar-refractivity contribution in [1.29, 1.82) is 0 Å². The average molecular weight is 348 g/mol. The zero-order valence-electron chi connectivity index (χ0n) is 13.2. The molecule has 0 aliphatic rings. The number of thiophene rings is 1. The fourth-order valence-electron chi connectivity index (χ4n) is 1.90. The first-order valence-electron chi connectivity index (χ1n) is 7.07. The minimum absolute atomic E-state index is 0.0932. The number of likely N-dealkylation sites (N-methyl/N-ethyl adjacent to an activating group) is 1. The lowest BCUT2D eigenvalue weighted by Gasteiger charge is -2.17. The van der Waals surface area contributed by atoms with Crippen LogP contribution in [0.5, 0.6) is 0 Å². The Bertz CT molecular complexity index is 754. The number of hydrogen-bond donors (Lipinski definition) is 0. The predicted octanol–water partition coefficient (Wildman–Crippen LogP) is 2.78. The third kappa shape index (κ3) is 4.63. The van der Waals surface area contributed by atoms with Crippen LogP contribution in [0.15, 0.2) is 36.4 Å². The zero-order valence-corrected chi connectivity index (χ0v) is 14.0. The van der Waals surface area contributed by atoms with Gasteiger partial charge in [-0.15, -0.1) is 0 Å². The Morgan fingerprint density at radius 3 is 2.46 bits per heavy atom. The summed E-state index contributed by atoms with van der Waals surface area (Å²) in [5.74, 6) is -1.10. The highest BCUT2D eigenvalue weighted by Crippen LogP contribution is 2.24. The van der Waals surface area contributed by atoms with Crippen molar-refractivity contribution in [3.8, 4) is 0 Å². The SMILES string of the molecule is Cc1ccc(CN(C)C(=O)COC(=O)c2ccc([N+](=O)[O-])s2)cc1. The van der Waals surface area contributed by atoms with Gasteiger partial charge in [0.2, 0.25) is 0 Å². The van der Waals surface area contributed by atoms with Crippen LogP contribution in [-0.2, 0) is 16.1 Å². The topological polar surface area (TPSA) is 89.8 Å². The van der Waals surface area contributed by atoms with Crippen LogP contribution in [0.25, 0.3) is 0 Å². The number of nitrogens with zero attached hydrogens (tertiary/aromatic N) is 2. The maximum Gasteiger partial charge on any atom is 0.349 e. The average Bonchev–Trinajstić information content (AvgIpc) is 3.04. The van der Waals surface area contributed by atoms with Crippen LogP contribution in [0.4, 0.5) is 5.00 Å². The summed E-state index contributed by atoms with van der Waals surface area (Å²) in [7, 11) is 1.62. The Labute approximate surface area is 142 Å². The summed E-state index contributed by atoms with van der Waals surface area (Å²) in [6, 6.07) is 10.3. The van der Waals surface area contributed by atoms with Crippen LogP contribution in [-0.4, -0.2) is 35.4 Å². The van der Waals surface area contributed by atoms with Crippen molar-refractivity contribution in [3.63, 3.8) is 0 Å². The molecule has 24 heavy (non-hydrogen) atoms. The smallest absolute Gasteiger partial charge is 0.349 e. The molecule has 0 atom stereocenters. The monoisotopic (exact) mass is 348 g/mol. The maximum absolute atomic E-state index is 12.0. The number of aryl methyl sites for hydroxylation is 1. The van der Waals surface area contributed by atoms with Gasteiger partial charge in [0.05, 0.1) is 4.92 Å². The number of hydrogen-bond acceptors (Lipinski definition) is 6. The third-order valence-corrected chi connectivity index (χ3v) is 4.28.